The predicted molar refractivity (Wildman–Crippen MR) is 67.4 cm³/mol. The van der Waals surface area contributed by atoms with E-state index >= 15 is 0 Å². The summed E-state index contributed by atoms with van der Waals surface area (Å²) in [7, 11) is 4.00. The first-order chi connectivity index (χ1) is 7.52. The van der Waals surface area contributed by atoms with E-state index in [4.69, 9.17) is 5.73 Å². The Morgan fingerprint density at radius 3 is 2.75 bits per heavy atom. The van der Waals surface area contributed by atoms with E-state index < -0.39 is 6.04 Å². The molecular formula is C11H19N3OS. The second kappa shape index (κ2) is 5.98. The number of carbonyl (C=O) groups excluding carboxylic acids is 1. The number of hydrogen-bond donors (Lipinski definition) is 2. The fraction of sp³-hybridized carbons (Fsp3) is 0.545. The highest BCUT2D eigenvalue weighted by Crippen LogP contribution is 2.22. The normalized spacial score (nSPS) is 14.8. The number of nitrogens with two attached hydrogens (primary N) is 1. The molecule has 1 amide bonds. The van der Waals surface area contributed by atoms with Gasteiger partial charge in [0.05, 0.1) is 12.1 Å². The van der Waals surface area contributed by atoms with Crippen molar-refractivity contribution in [3.8, 4) is 0 Å². The molecule has 0 spiro atoms. The Bertz CT molecular complexity index is 322. The first-order valence-electron chi connectivity index (χ1n) is 5.25. The average molecular weight is 241 g/mol. The van der Waals surface area contributed by atoms with Crippen molar-refractivity contribution in [1.82, 2.24) is 10.2 Å². The number of nitrogens with zero attached hydrogens (tertiary/aromatic N) is 1. The summed E-state index contributed by atoms with van der Waals surface area (Å²) in [6.45, 7) is 2.28. The van der Waals surface area contributed by atoms with Crippen LogP contribution in [0.1, 0.15) is 17.8 Å². The van der Waals surface area contributed by atoms with Crippen LogP contribution in [-0.4, -0.2) is 37.5 Å². The maximum atomic E-state index is 11.4. The Labute approximate surface area is 100 Å². The van der Waals surface area contributed by atoms with Crippen LogP contribution in [0.2, 0.25) is 0 Å². The van der Waals surface area contributed by atoms with Gasteiger partial charge in [0.2, 0.25) is 5.91 Å². The van der Waals surface area contributed by atoms with Gasteiger partial charge in [-0.2, -0.15) is 0 Å². The Morgan fingerprint density at radius 1 is 1.62 bits per heavy atom. The minimum Gasteiger partial charge on any atom is -0.353 e. The molecule has 0 aliphatic carbocycles. The SMILES string of the molecule is CC(N)C(=O)NCC(c1cccs1)N(C)C. The highest BCUT2D eigenvalue weighted by molar-refractivity contribution is 7.10. The lowest BCUT2D eigenvalue weighted by molar-refractivity contribution is -0.122. The number of carbonyl (C=O) groups is 1. The molecule has 0 aliphatic heterocycles. The minimum absolute atomic E-state index is 0.108. The van der Waals surface area contributed by atoms with Crippen LogP contribution in [0.15, 0.2) is 17.5 Å². The molecule has 0 bridgehead atoms. The maximum absolute atomic E-state index is 11.4. The van der Waals surface area contributed by atoms with E-state index in [-0.39, 0.29) is 11.9 Å². The molecule has 90 valence electrons. The number of likely N-dealkylation sites (N-methyl/N-ethyl adjacent to an activating group) is 1. The number of thiophene rings is 1. The Morgan fingerprint density at radius 2 is 2.31 bits per heavy atom. The molecule has 2 unspecified atom stereocenters. The van der Waals surface area contributed by atoms with Gasteiger partial charge >= 0.3 is 0 Å². The molecule has 0 aromatic carbocycles. The van der Waals surface area contributed by atoms with Crippen LogP contribution in [0.25, 0.3) is 0 Å². The molecule has 1 aromatic rings. The summed E-state index contributed by atoms with van der Waals surface area (Å²) in [5.74, 6) is -0.108. The molecule has 5 heteroatoms. The van der Waals surface area contributed by atoms with Crippen LogP contribution >= 0.6 is 11.3 Å². The maximum Gasteiger partial charge on any atom is 0.236 e. The molecule has 2 atom stereocenters. The van der Waals surface area contributed by atoms with Crippen molar-refractivity contribution < 1.29 is 4.79 Å². The highest BCUT2D eigenvalue weighted by atomic mass is 32.1. The largest absolute Gasteiger partial charge is 0.353 e. The molecule has 0 saturated heterocycles. The molecule has 1 heterocycles. The van der Waals surface area contributed by atoms with E-state index in [9.17, 15) is 4.79 Å². The molecule has 0 aliphatic rings. The summed E-state index contributed by atoms with van der Waals surface area (Å²) in [5, 5.41) is 4.89. The van der Waals surface area contributed by atoms with Crippen molar-refractivity contribution >= 4 is 17.2 Å². The third-order valence-corrected chi connectivity index (χ3v) is 3.35. The van der Waals surface area contributed by atoms with Crippen molar-refractivity contribution in [3.05, 3.63) is 22.4 Å². The van der Waals surface area contributed by atoms with Crippen molar-refractivity contribution in [1.29, 1.82) is 0 Å². The monoisotopic (exact) mass is 241 g/mol. The van der Waals surface area contributed by atoms with Crippen LogP contribution < -0.4 is 11.1 Å². The van der Waals surface area contributed by atoms with Gasteiger partial charge in [-0.3, -0.25) is 4.79 Å². The fourth-order valence-corrected chi connectivity index (χ4v) is 2.30. The number of amides is 1. The smallest absolute Gasteiger partial charge is 0.236 e. The third kappa shape index (κ3) is 3.59. The first-order valence-corrected chi connectivity index (χ1v) is 6.13. The molecule has 0 radical (unpaired) electrons. The quantitative estimate of drug-likeness (QED) is 0.802. The fourth-order valence-electron chi connectivity index (χ4n) is 1.38. The summed E-state index contributed by atoms with van der Waals surface area (Å²) >= 11 is 1.70. The van der Waals surface area contributed by atoms with Crippen LogP contribution in [0.5, 0.6) is 0 Å². The van der Waals surface area contributed by atoms with Crippen molar-refractivity contribution in [3.63, 3.8) is 0 Å². The van der Waals surface area contributed by atoms with Gasteiger partial charge in [0.25, 0.3) is 0 Å². The third-order valence-electron chi connectivity index (χ3n) is 2.38. The average Bonchev–Trinajstić information content (AvgIpc) is 2.70. The summed E-state index contributed by atoms with van der Waals surface area (Å²) in [6.07, 6.45) is 0. The Kier molecular flexibility index (Phi) is 4.92. The van der Waals surface area contributed by atoms with Gasteiger partial charge in [0, 0.05) is 11.4 Å². The van der Waals surface area contributed by atoms with E-state index in [0.29, 0.717) is 6.54 Å². The lowest BCUT2D eigenvalue weighted by Crippen LogP contribution is -2.42. The molecule has 0 fully saturated rings. The molecule has 3 N–H and O–H groups in total. The molecule has 1 rings (SSSR count). The van der Waals surface area contributed by atoms with E-state index in [2.05, 4.69) is 16.3 Å². The second-order valence-electron chi connectivity index (χ2n) is 4.03. The van der Waals surface area contributed by atoms with Crippen molar-refractivity contribution in [2.75, 3.05) is 20.6 Å². The van der Waals surface area contributed by atoms with E-state index in [1.54, 1.807) is 18.3 Å². The second-order valence-corrected chi connectivity index (χ2v) is 5.01. The molecule has 0 saturated carbocycles. The van der Waals surface area contributed by atoms with E-state index in [1.165, 1.54) is 4.88 Å². The summed E-state index contributed by atoms with van der Waals surface area (Å²) < 4.78 is 0. The van der Waals surface area contributed by atoms with Crippen molar-refractivity contribution in [2.45, 2.75) is 19.0 Å². The van der Waals surface area contributed by atoms with Crippen LogP contribution in [-0.2, 0) is 4.79 Å². The summed E-state index contributed by atoms with van der Waals surface area (Å²) in [6, 6.07) is 3.85. The summed E-state index contributed by atoms with van der Waals surface area (Å²) in [5.41, 5.74) is 5.49. The van der Waals surface area contributed by atoms with Crippen LogP contribution in [0.3, 0.4) is 0 Å². The number of rotatable bonds is 5. The zero-order chi connectivity index (χ0) is 12.1. The first kappa shape index (κ1) is 13.2. The van der Waals surface area contributed by atoms with Crippen LogP contribution in [0, 0.1) is 0 Å². The van der Waals surface area contributed by atoms with Gasteiger partial charge < -0.3 is 16.0 Å². The zero-order valence-corrected chi connectivity index (χ0v) is 10.8. The van der Waals surface area contributed by atoms with Gasteiger partial charge in [-0.25, -0.2) is 0 Å². The van der Waals surface area contributed by atoms with E-state index in [0.717, 1.165) is 0 Å². The predicted octanol–water partition coefficient (Wildman–Crippen LogP) is 0.814. The lowest BCUT2D eigenvalue weighted by Gasteiger charge is -2.23. The Balaban J connectivity index is 2.57. The van der Waals surface area contributed by atoms with Crippen molar-refractivity contribution in [2.24, 2.45) is 5.73 Å². The topological polar surface area (TPSA) is 58.4 Å². The molecule has 4 nitrogen and oxygen atoms in total. The van der Waals surface area contributed by atoms with Gasteiger partial charge in [-0.1, -0.05) is 6.07 Å². The summed E-state index contributed by atoms with van der Waals surface area (Å²) in [4.78, 5) is 14.7. The molecule has 1 aromatic heterocycles. The molecule has 16 heavy (non-hydrogen) atoms. The van der Waals surface area contributed by atoms with Crippen LogP contribution in [0.4, 0.5) is 0 Å². The zero-order valence-electron chi connectivity index (χ0n) is 9.93. The van der Waals surface area contributed by atoms with Gasteiger partial charge in [0.15, 0.2) is 0 Å². The van der Waals surface area contributed by atoms with Gasteiger partial charge in [0.1, 0.15) is 0 Å². The van der Waals surface area contributed by atoms with Gasteiger partial charge in [-0.15, -0.1) is 11.3 Å². The number of hydrogen-bond acceptors (Lipinski definition) is 4. The highest BCUT2D eigenvalue weighted by Gasteiger charge is 2.16. The standard InChI is InChI=1S/C11H19N3OS/c1-8(12)11(15)13-7-9(14(2)3)10-5-4-6-16-10/h4-6,8-9H,7,12H2,1-3H3,(H,13,15). The molecular weight excluding hydrogens is 222 g/mol. The Hall–Kier alpha value is -0.910. The number of nitrogens with one attached hydrogen (secondary N) is 1. The van der Waals surface area contributed by atoms with Gasteiger partial charge in [-0.05, 0) is 32.5 Å². The lowest BCUT2D eigenvalue weighted by atomic mass is 10.2. The van der Waals surface area contributed by atoms with E-state index in [1.807, 2.05) is 25.5 Å². The minimum atomic E-state index is -0.453.